The molecule has 0 atom stereocenters. The Kier molecular flexibility index (Phi) is 5.92. The van der Waals surface area contributed by atoms with Gasteiger partial charge in [0, 0.05) is 24.1 Å². The topological polar surface area (TPSA) is 43.1 Å². The molecule has 3 rings (SSSR count). The maximum Gasteiger partial charge on any atom is 0.252 e. The number of hydrogen-bond donors (Lipinski definition) is 0. The van der Waals surface area contributed by atoms with E-state index in [1.165, 1.54) is 6.33 Å². The Labute approximate surface area is 131 Å². The van der Waals surface area contributed by atoms with Crippen LogP contribution in [0.2, 0.25) is 0 Å². The van der Waals surface area contributed by atoms with Crippen molar-refractivity contribution in [2.75, 3.05) is 0 Å². The van der Waals surface area contributed by atoms with Gasteiger partial charge in [0.15, 0.2) is 0 Å². The van der Waals surface area contributed by atoms with Crippen molar-refractivity contribution in [2.45, 2.75) is 27.7 Å². The molecule has 0 bridgehead atoms. The maximum atomic E-state index is 4.46. The van der Waals surface area contributed by atoms with Crippen LogP contribution in [0.5, 0.6) is 0 Å². The number of aromatic nitrogens is 4. The number of nitrogens with zero attached hydrogens (tertiary/aromatic N) is 4. The molecule has 2 heterocycles. The number of benzene rings is 1. The van der Waals surface area contributed by atoms with Gasteiger partial charge in [-0.05, 0) is 19.4 Å². The zero-order chi connectivity index (χ0) is 13.8. The van der Waals surface area contributed by atoms with E-state index >= 15 is 0 Å². The number of fused-ring (bicyclic) bond motifs is 1. The van der Waals surface area contributed by atoms with Crippen molar-refractivity contribution in [2.24, 2.45) is 0 Å². The Balaban J connectivity index is 0.000000639. The van der Waals surface area contributed by atoms with Gasteiger partial charge in [-0.15, -0.1) is 0 Å². The van der Waals surface area contributed by atoms with Gasteiger partial charge < -0.3 is 0 Å². The van der Waals surface area contributed by atoms with Crippen molar-refractivity contribution < 1.29 is 18.6 Å². The van der Waals surface area contributed by atoms with Crippen LogP contribution in [0.1, 0.15) is 25.2 Å². The molecule has 0 unspecified atom stereocenters. The van der Waals surface area contributed by atoms with Gasteiger partial charge in [0.1, 0.15) is 6.33 Å². The van der Waals surface area contributed by atoms with Gasteiger partial charge >= 0.3 is 0 Å². The molecule has 3 aromatic rings. The smallest absolute Gasteiger partial charge is 0.216 e. The number of hydrogen-bond acceptors (Lipinski definition) is 3. The van der Waals surface area contributed by atoms with E-state index < -0.39 is 0 Å². The zero-order valence-corrected chi connectivity index (χ0v) is 13.6. The van der Waals surface area contributed by atoms with Crippen molar-refractivity contribution in [1.29, 1.82) is 0 Å². The van der Waals surface area contributed by atoms with Gasteiger partial charge in [-0.25, -0.2) is 9.50 Å². The van der Waals surface area contributed by atoms with Crippen LogP contribution >= 0.6 is 0 Å². The SMILES string of the molecule is CC.Cc1nc2ncnn2c(C)c1-c1ccccc1.[V]. The van der Waals surface area contributed by atoms with Crippen LogP contribution in [0.3, 0.4) is 0 Å². The van der Waals surface area contributed by atoms with E-state index in [1.54, 1.807) is 4.52 Å². The summed E-state index contributed by atoms with van der Waals surface area (Å²) in [5, 5.41) is 4.19. The molecule has 1 radical (unpaired) electrons. The van der Waals surface area contributed by atoms with E-state index in [9.17, 15) is 0 Å². The molecule has 20 heavy (non-hydrogen) atoms. The van der Waals surface area contributed by atoms with E-state index in [0.717, 1.165) is 22.5 Å². The normalized spacial score (nSPS) is 9.60. The Morgan fingerprint density at radius 3 is 2.30 bits per heavy atom. The van der Waals surface area contributed by atoms with Crippen LogP contribution in [0.4, 0.5) is 0 Å². The predicted octanol–water partition coefficient (Wildman–Crippen LogP) is 3.43. The standard InChI is InChI=1S/C13H12N4.C2H6.V/c1-9-12(11-6-4-3-5-7-11)10(2)17-13(16-9)14-8-15-17;1-2;/h3-8H,1-2H3;1-2H3;. The molecule has 0 aliphatic carbocycles. The molecule has 0 amide bonds. The van der Waals surface area contributed by atoms with Gasteiger partial charge in [0.05, 0.1) is 11.4 Å². The van der Waals surface area contributed by atoms with Crippen LogP contribution in [0.25, 0.3) is 16.9 Å². The Morgan fingerprint density at radius 1 is 1.00 bits per heavy atom. The predicted molar refractivity (Wildman–Crippen MR) is 77.0 cm³/mol. The molecule has 2 aromatic heterocycles. The fraction of sp³-hybridized carbons (Fsp3) is 0.267. The molecule has 0 spiro atoms. The summed E-state index contributed by atoms with van der Waals surface area (Å²) in [6, 6.07) is 10.2. The molecule has 4 nitrogen and oxygen atoms in total. The van der Waals surface area contributed by atoms with E-state index in [4.69, 9.17) is 0 Å². The van der Waals surface area contributed by atoms with E-state index in [0.29, 0.717) is 5.78 Å². The van der Waals surface area contributed by atoms with Crippen LogP contribution in [-0.2, 0) is 18.6 Å². The second-order valence-corrected chi connectivity index (χ2v) is 4.00. The van der Waals surface area contributed by atoms with Gasteiger partial charge in [-0.1, -0.05) is 44.2 Å². The summed E-state index contributed by atoms with van der Waals surface area (Å²) < 4.78 is 1.77. The Morgan fingerprint density at radius 2 is 1.65 bits per heavy atom. The van der Waals surface area contributed by atoms with Gasteiger partial charge in [-0.2, -0.15) is 10.1 Å². The van der Waals surface area contributed by atoms with Crippen molar-refractivity contribution in [3.05, 3.63) is 48.0 Å². The molecule has 0 saturated heterocycles. The third-order valence-electron chi connectivity index (χ3n) is 2.90. The van der Waals surface area contributed by atoms with Crippen molar-refractivity contribution in [3.8, 4) is 11.1 Å². The zero-order valence-electron chi connectivity index (χ0n) is 12.2. The summed E-state index contributed by atoms with van der Waals surface area (Å²) in [5.74, 6) is 0.652. The summed E-state index contributed by atoms with van der Waals surface area (Å²) in [6.45, 7) is 8.04. The van der Waals surface area contributed by atoms with Crippen molar-refractivity contribution in [3.63, 3.8) is 0 Å². The molecule has 0 saturated carbocycles. The largest absolute Gasteiger partial charge is 0.252 e. The summed E-state index contributed by atoms with van der Waals surface area (Å²) in [6.07, 6.45) is 1.53. The number of aryl methyl sites for hydroxylation is 2. The van der Waals surface area contributed by atoms with Crippen LogP contribution in [0.15, 0.2) is 36.7 Å². The maximum absolute atomic E-state index is 4.46. The summed E-state index contributed by atoms with van der Waals surface area (Å²) >= 11 is 0. The fourth-order valence-corrected chi connectivity index (χ4v) is 2.14. The Hall–Kier alpha value is -1.65. The van der Waals surface area contributed by atoms with E-state index in [1.807, 2.05) is 45.9 Å². The van der Waals surface area contributed by atoms with E-state index in [2.05, 4.69) is 27.2 Å². The summed E-state index contributed by atoms with van der Waals surface area (Å²) in [7, 11) is 0. The molecule has 1 aromatic carbocycles. The minimum Gasteiger partial charge on any atom is -0.216 e. The fourth-order valence-electron chi connectivity index (χ4n) is 2.14. The molecule has 0 N–H and O–H groups in total. The molecule has 5 heteroatoms. The molecular weight excluding hydrogens is 287 g/mol. The first-order valence-electron chi connectivity index (χ1n) is 6.50. The third-order valence-corrected chi connectivity index (χ3v) is 2.90. The average Bonchev–Trinajstić information content (AvgIpc) is 2.91. The quantitative estimate of drug-likeness (QED) is 0.692. The van der Waals surface area contributed by atoms with Gasteiger partial charge in [0.2, 0.25) is 0 Å². The first-order chi connectivity index (χ1) is 9.27. The average molecular weight is 305 g/mol. The second-order valence-electron chi connectivity index (χ2n) is 4.00. The van der Waals surface area contributed by atoms with Crippen LogP contribution < -0.4 is 0 Å². The van der Waals surface area contributed by atoms with E-state index in [-0.39, 0.29) is 18.6 Å². The second kappa shape index (κ2) is 7.22. The van der Waals surface area contributed by atoms with Crippen LogP contribution in [0, 0.1) is 13.8 Å². The Bertz CT molecular complexity index is 677. The summed E-state index contributed by atoms with van der Waals surface area (Å²) in [5.41, 5.74) is 4.33. The molecule has 0 fully saturated rings. The van der Waals surface area contributed by atoms with Crippen molar-refractivity contribution in [1.82, 2.24) is 19.6 Å². The first-order valence-corrected chi connectivity index (χ1v) is 6.50. The third kappa shape index (κ3) is 2.92. The molecule has 0 aliphatic rings. The minimum absolute atomic E-state index is 0. The first kappa shape index (κ1) is 16.4. The van der Waals surface area contributed by atoms with Crippen molar-refractivity contribution >= 4 is 5.78 Å². The van der Waals surface area contributed by atoms with Crippen LogP contribution in [-0.4, -0.2) is 19.6 Å². The molecule has 103 valence electrons. The number of rotatable bonds is 1. The summed E-state index contributed by atoms with van der Waals surface area (Å²) in [4.78, 5) is 8.58. The minimum atomic E-state index is 0. The van der Waals surface area contributed by atoms with Gasteiger partial charge in [0.25, 0.3) is 5.78 Å². The molecule has 0 aliphatic heterocycles. The van der Waals surface area contributed by atoms with Gasteiger partial charge in [-0.3, -0.25) is 0 Å². The monoisotopic (exact) mass is 305 g/mol. The molecular formula is C15H18N4V.